The number of ether oxygens (including phenoxy) is 1. The maximum absolute atomic E-state index is 13.0. The number of rotatable bonds is 5. The van der Waals surface area contributed by atoms with E-state index >= 15 is 0 Å². The molecule has 7 heteroatoms. The first-order valence-corrected chi connectivity index (χ1v) is 9.41. The quantitative estimate of drug-likeness (QED) is 0.706. The lowest BCUT2D eigenvalue weighted by Crippen LogP contribution is -2.36. The third-order valence-electron chi connectivity index (χ3n) is 3.54. The molecule has 2 aromatic rings. The van der Waals surface area contributed by atoms with Gasteiger partial charge in [0.1, 0.15) is 6.54 Å². The van der Waals surface area contributed by atoms with Crippen LogP contribution in [-0.2, 0) is 19.6 Å². The van der Waals surface area contributed by atoms with E-state index in [4.69, 9.17) is 0 Å². The van der Waals surface area contributed by atoms with Crippen molar-refractivity contribution in [2.75, 3.05) is 18.0 Å². The second-order valence-electron chi connectivity index (χ2n) is 5.33. The average Bonchev–Trinajstić information content (AvgIpc) is 2.55. The van der Waals surface area contributed by atoms with Gasteiger partial charge in [-0.2, -0.15) is 0 Å². The van der Waals surface area contributed by atoms with Crippen LogP contribution in [0.4, 0.5) is 5.69 Å². The lowest BCUT2D eigenvalue weighted by Gasteiger charge is -2.24. The van der Waals surface area contributed by atoms with Crippen molar-refractivity contribution in [3.05, 3.63) is 58.1 Å². The number of hydrogen-bond acceptors (Lipinski definition) is 4. The number of methoxy groups -OCH3 is 1. The Kier molecular flexibility index (Phi) is 5.66. The molecule has 0 aromatic heterocycles. The molecule has 0 aliphatic carbocycles. The smallest absolute Gasteiger partial charge is 0.326 e. The summed E-state index contributed by atoms with van der Waals surface area (Å²) in [5.41, 5.74) is 2.22. The zero-order chi connectivity index (χ0) is 17.9. The predicted octanol–water partition coefficient (Wildman–Crippen LogP) is 3.43. The molecule has 0 aliphatic heterocycles. The first-order chi connectivity index (χ1) is 11.3. The highest BCUT2D eigenvalue weighted by Crippen LogP contribution is 2.27. The molecule has 0 unspecified atom stereocenters. The van der Waals surface area contributed by atoms with Crippen LogP contribution in [-0.4, -0.2) is 28.0 Å². The third-order valence-corrected chi connectivity index (χ3v) is 6.22. The molecule has 0 heterocycles. The molecule has 5 nitrogen and oxygen atoms in total. The molecule has 0 spiro atoms. The molecule has 2 rings (SSSR count). The predicted molar refractivity (Wildman–Crippen MR) is 96.6 cm³/mol. The summed E-state index contributed by atoms with van der Waals surface area (Å²) in [4.78, 5) is 11.9. The molecule has 0 atom stereocenters. The molecule has 0 fully saturated rings. The number of anilines is 1. The highest BCUT2D eigenvalue weighted by molar-refractivity contribution is 9.10. The Morgan fingerprint density at radius 3 is 2.29 bits per heavy atom. The van der Waals surface area contributed by atoms with Crippen molar-refractivity contribution < 1.29 is 17.9 Å². The second kappa shape index (κ2) is 7.36. The van der Waals surface area contributed by atoms with Crippen molar-refractivity contribution in [3.63, 3.8) is 0 Å². The van der Waals surface area contributed by atoms with Gasteiger partial charge in [0.25, 0.3) is 10.0 Å². The largest absolute Gasteiger partial charge is 0.468 e. The number of hydrogen-bond donors (Lipinski definition) is 0. The fourth-order valence-electron chi connectivity index (χ4n) is 2.12. The summed E-state index contributed by atoms with van der Waals surface area (Å²) in [6.07, 6.45) is 0. The number of carbonyl (C=O) groups is 1. The Labute approximate surface area is 150 Å². The van der Waals surface area contributed by atoms with Crippen LogP contribution < -0.4 is 4.31 Å². The summed E-state index contributed by atoms with van der Waals surface area (Å²) < 4.78 is 32.6. The molecule has 0 aliphatic rings. The minimum absolute atomic E-state index is 0.123. The molecule has 0 amide bonds. The van der Waals surface area contributed by atoms with Crippen molar-refractivity contribution in [2.45, 2.75) is 18.7 Å². The summed E-state index contributed by atoms with van der Waals surface area (Å²) in [7, 11) is -2.66. The van der Waals surface area contributed by atoms with Crippen molar-refractivity contribution >= 4 is 37.6 Å². The van der Waals surface area contributed by atoms with E-state index in [9.17, 15) is 13.2 Å². The third kappa shape index (κ3) is 3.96. The maximum atomic E-state index is 13.0. The zero-order valence-corrected chi connectivity index (χ0v) is 16.0. The van der Waals surface area contributed by atoms with Gasteiger partial charge >= 0.3 is 5.97 Å². The summed E-state index contributed by atoms with van der Waals surface area (Å²) >= 11 is 3.39. The van der Waals surface area contributed by atoms with E-state index in [2.05, 4.69) is 20.7 Å². The van der Waals surface area contributed by atoms with Crippen LogP contribution in [0, 0.1) is 13.8 Å². The standard InChI is InChI=1S/C17H18BrNO4S/c1-12-4-7-15(8-5-12)24(21,22)19(11-17(20)23-3)14-6-9-16(18)13(2)10-14/h4-10H,11H2,1-3H3. The molecule has 0 radical (unpaired) electrons. The Hall–Kier alpha value is -1.86. The minimum Gasteiger partial charge on any atom is -0.468 e. The first kappa shape index (κ1) is 18.5. The van der Waals surface area contributed by atoms with Crippen molar-refractivity contribution in [3.8, 4) is 0 Å². The number of halogens is 1. The van der Waals surface area contributed by atoms with Crippen LogP contribution in [0.3, 0.4) is 0 Å². The molecule has 128 valence electrons. The van der Waals surface area contributed by atoms with Crippen LogP contribution >= 0.6 is 15.9 Å². The van der Waals surface area contributed by atoms with E-state index < -0.39 is 22.5 Å². The molecule has 24 heavy (non-hydrogen) atoms. The van der Waals surface area contributed by atoms with Crippen LogP contribution in [0.5, 0.6) is 0 Å². The Balaban J connectivity index is 2.54. The number of esters is 1. The highest BCUT2D eigenvalue weighted by Gasteiger charge is 2.27. The van der Waals surface area contributed by atoms with E-state index in [1.807, 2.05) is 13.8 Å². The van der Waals surface area contributed by atoms with Gasteiger partial charge in [0.2, 0.25) is 0 Å². The molecule has 2 aromatic carbocycles. The Bertz CT molecular complexity index is 847. The van der Waals surface area contributed by atoms with Gasteiger partial charge in [-0.25, -0.2) is 8.42 Å². The topological polar surface area (TPSA) is 63.7 Å². The van der Waals surface area contributed by atoms with E-state index in [1.165, 1.54) is 19.2 Å². The second-order valence-corrected chi connectivity index (χ2v) is 8.05. The zero-order valence-electron chi connectivity index (χ0n) is 13.6. The normalized spacial score (nSPS) is 11.2. The summed E-state index contributed by atoms with van der Waals surface area (Å²) in [6.45, 7) is 3.33. The Morgan fingerprint density at radius 1 is 1.12 bits per heavy atom. The fraction of sp³-hybridized carbons (Fsp3) is 0.235. The average molecular weight is 412 g/mol. The number of benzene rings is 2. The molecule has 0 N–H and O–H groups in total. The lowest BCUT2D eigenvalue weighted by molar-refractivity contribution is -0.138. The highest BCUT2D eigenvalue weighted by atomic mass is 79.9. The van der Waals surface area contributed by atoms with Gasteiger partial charge < -0.3 is 4.74 Å². The van der Waals surface area contributed by atoms with E-state index in [-0.39, 0.29) is 4.90 Å². The number of aryl methyl sites for hydroxylation is 2. The molecular formula is C17H18BrNO4S. The first-order valence-electron chi connectivity index (χ1n) is 7.18. The van der Waals surface area contributed by atoms with Crippen LogP contribution in [0.25, 0.3) is 0 Å². The summed E-state index contributed by atoms with van der Waals surface area (Å²) in [5.74, 6) is -0.633. The molecule has 0 saturated heterocycles. The van der Waals surface area contributed by atoms with Gasteiger partial charge in [-0.3, -0.25) is 9.10 Å². The van der Waals surface area contributed by atoms with Gasteiger partial charge in [-0.05, 0) is 49.7 Å². The lowest BCUT2D eigenvalue weighted by atomic mass is 10.2. The molecule has 0 saturated carbocycles. The van der Waals surface area contributed by atoms with Crippen LogP contribution in [0.2, 0.25) is 0 Å². The van der Waals surface area contributed by atoms with E-state index in [0.717, 1.165) is 19.9 Å². The van der Waals surface area contributed by atoms with Crippen molar-refractivity contribution in [2.24, 2.45) is 0 Å². The monoisotopic (exact) mass is 411 g/mol. The number of carbonyl (C=O) groups excluding carboxylic acids is 1. The molecular weight excluding hydrogens is 394 g/mol. The van der Waals surface area contributed by atoms with Crippen molar-refractivity contribution in [1.82, 2.24) is 0 Å². The van der Waals surface area contributed by atoms with Gasteiger partial charge in [0, 0.05) is 4.47 Å². The maximum Gasteiger partial charge on any atom is 0.326 e. The number of sulfonamides is 1. The van der Waals surface area contributed by atoms with Gasteiger partial charge in [0.15, 0.2) is 0 Å². The number of nitrogens with zero attached hydrogens (tertiary/aromatic N) is 1. The summed E-state index contributed by atoms with van der Waals surface area (Å²) in [5, 5.41) is 0. The molecule has 0 bridgehead atoms. The Morgan fingerprint density at radius 2 is 1.75 bits per heavy atom. The SMILES string of the molecule is COC(=O)CN(c1ccc(Br)c(C)c1)S(=O)(=O)c1ccc(C)cc1. The minimum atomic E-state index is -3.89. The summed E-state index contributed by atoms with van der Waals surface area (Å²) in [6, 6.07) is 11.6. The fourth-order valence-corrected chi connectivity index (χ4v) is 3.77. The van der Waals surface area contributed by atoms with Gasteiger partial charge in [-0.15, -0.1) is 0 Å². The van der Waals surface area contributed by atoms with Crippen LogP contribution in [0.1, 0.15) is 11.1 Å². The van der Waals surface area contributed by atoms with E-state index in [0.29, 0.717) is 5.69 Å². The van der Waals surface area contributed by atoms with Gasteiger partial charge in [-0.1, -0.05) is 33.6 Å². The van der Waals surface area contributed by atoms with Gasteiger partial charge in [0.05, 0.1) is 17.7 Å². The van der Waals surface area contributed by atoms with Crippen molar-refractivity contribution in [1.29, 1.82) is 0 Å². The van der Waals surface area contributed by atoms with E-state index in [1.54, 1.807) is 30.3 Å². The van der Waals surface area contributed by atoms with Crippen LogP contribution in [0.15, 0.2) is 51.8 Å².